The molecular formula is C17H20N6O. The number of carbonyl (C=O) groups is 1. The summed E-state index contributed by atoms with van der Waals surface area (Å²) < 4.78 is 1.80. The molecule has 3 N–H and O–H groups in total. The minimum Gasteiger partial charge on any atom is -0.383 e. The number of hydrogen-bond donors (Lipinski definition) is 2. The molecule has 24 heavy (non-hydrogen) atoms. The molecule has 0 saturated heterocycles. The molecule has 7 nitrogen and oxygen atoms in total. The van der Waals surface area contributed by atoms with Gasteiger partial charge in [-0.15, -0.1) is 0 Å². The average molecular weight is 324 g/mol. The van der Waals surface area contributed by atoms with Crippen LogP contribution in [0, 0.1) is 6.92 Å². The number of amides is 1. The summed E-state index contributed by atoms with van der Waals surface area (Å²) >= 11 is 0. The van der Waals surface area contributed by atoms with Crippen molar-refractivity contribution < 1.29 is 4.79 Å². The van der Waals surface area contributed by atoms with Crippen molar-refractivity contribution in [3.63, 3.8) is 0 Å². The largest absolute Gasteiger partial charge is 0.383 e. The smallest absolute Gasteiger partial charge is 0.207 e. The highest BCUT2D eigenvalue weighted by Gasteiger charge is 2.27. The van der Waals surface area contributed by atoms with Crippen molar-refractivity contribution in [2.24, 2.45) is 0 Å². The summed E-state index contributed by atoms with van der Waals surface area (Å²) in [5, 5.41) is 8.18. The van der Waals surface area contributed by atoms with Gasteiger partial charge >= 0.3 is 0 Å². The van der Waals surface area contributed by atoms with Crippen molar-refractivity contribution in [1.82, 2.24) is 25.1 Å². The lowest BCUT2D eigenvalue weighted by molar-refractivity contribution is -0.109. The quantitative estimate of drug-likeness (QED) is 0.698. The van der Waals surface area contributed by atoms with Crippen LogP contribution in [0.5, 0.6) is 0 Å². The monoisotopic (exact) mass is 324 g/mol. The first-order valence-electron chi connectivity index (χ1n) is 7.68. The minimum absolute atomic E-state index is 0.390. The van der Waals surface area contributed by atoms with E-state index in [4.69, 9.17) is 10.8 Å². The highest BCUT2D eigenvalue weighted by atomic mass is 16.1. The third kappa shape index (κ3) is 2.68. The highest BCUT2D eigenvalue weighted by Crippen LogP contribution is 2.32. The van der Waals surface area contributed by atoms with Gasteiger partial charge in [-0.25, -0.2) is 14.6 Å². The van der Waals surface area contributed by atoms with Crippen molar-refractivity contribution >= 4 is 23.3 Å². The molecule has 1 aromatic carbocycles. The summed E-state index contributed by atoms with van der Waals surface area (Å²) in [5.41, 5.74) is 9.14. The number of aryl methyl sites for hydroxylation is 1. The number of anilines is 1. The van der Waals surface area contributed by atoms with Gasteiger partial charge in [-0.05, 0) is 20.8 Å². The first kappa shape index (κ1) is 15.9. The van der Waals surface area contributed by atoms with E-state index < -0.39 is 5.54 Å². The number of nitrogens with two attached hydrogens (primary N) is 1. The number of carbonyl (C=O) groups excluding carboxylic acids is 1. The van der Waals surface area contributed by atoms with Crippen molar-refractivity contribution in [3.05, 3.63) is 36.2 Å². The molecule has 0 saturated carbocycles. The van der Waals surface area contributed by atoms with E-state index in [0.29, 0.717) is 24.4 Å². The van der Waals surface area contributed by atoms with Crippen molar-refractivity contribution in [2.75, 3.05) is 12.3 Å². The van der Waals surface area contributed by atoms with Gasteiger partial charge in [0.25, 0.3) is 0 Å². The summed E-state index contributed by atoms with van der Waals surface area (Å²) in [6, 6.07) is 8.06. The predicted molar refractivity (Wildman–Crippen MR) is 93.3 cm³/mol. The lowest BCUT2D eigenvalue weighted by Gasteiger charge is -2.25. The zero-order chi connectivity index (χ0) is 17.3. The number of fused-ring (bicyclic) bond motifs is 1. The molecule has 0 bridgehead atoms. The number of hydrogen-bond acceptors (Lipinski definition) is 5. The Bertz CT molecular complexity index is 882. The normalized spacial score (nSPS) is 11.6. The third-order valence-electron chi connectivity index (χ3n) is 4.01. The van der Waals surface area contributed by atoms with Crippen LogP contribution >= 0.6 is 0 Å². The van der Waals surface area contributed by atoms with Gasteiger partial charge in [-0.2, -0.15) is 5.10 Å². The summed E-state index contributed by atoms with van der Waals surface area (Å²) in [4.78, 5) is 19.2. The lowest BCUT2D eigenvalue weighted by Crippen LogP contribution is -2.38. The van der Waals surface area contributed by atoms with E-state index in [1.54, 1.807) is 4.68 Å². The number of rotatable bonds is 5. The Kier molecular flexibility index (Phi) is 3.92. The van der Waals surface area contributed by atoms with Gasteiger partial charge < -0.3 is 11.1 Å². The number of aromatic nitrogens is 4. The molecule has 3 rings (SSSR count). The van der Waals surface area contributed by atoms with Crippen molar-refractivity contribution in [2.45, 2.75) is 26.3 Å². The minimum atomic E-state index is -0.469. The second-order valence-electron chi connectivity index (χ2n) is 6.40. The Hall–Kier alpha value is -2.96. The SMILES string of the molecule is Cc1ccc(-c2nn(C(C)(C)CNC=O)c3ncnc(N)c23)cc1. The topological polar surface area (TPSA) is 98.7 Å². The summed E-state index contributed by atoms with van der Waals surface area (Å²) in [7, 11) is 0. The standard InChI is InChI=1S/C17H20N6O/c1-11-4-6-12(7-5-11)14-13-15(18)20-9-21-16(13)23(22-14)17(2,3)8-19-10-24/h4-7,9-10H,8H2,1-3H3,(H,19,24)(H2,18,20,21). The van der Waals surface area contributed by atoms with Gasteiger partial charge in [-0.3, -0.25) is 4.79 Å². The van der Waals surface area contributed by atoms with Gasteiger partial charge in [-0.1, -0.05) is 29.8 Å². The Morgan fingerprint density at radius 3 is 2.62 bits per heavy atom. The molecule has 0 aliphatic heterocycles. The van der Waals surface area contributed by atoms with Crippen LogP contribution in [0.3, 0.4) is 0 Å². The van der Waals surface area contributed by atoms with Crippen LogP contribution in [0.25, 0.3) is 22.3 Å². The molecule has 124 valence electrons. The average Bonchev–Trinajstić information content (AvgIpc) is 2.96. The van der Waals surface area contributed by atoms with E-state index in [2.05, 4.69) is 15.3 Å². The third-order valence-corrected chi connectivity index (χ3v) is 4.01. The number of nitrogens with zero attached hydrogens (tertiary/aromatic N) is 4. The van der Waals surface area contributed by atoms with Gasteiger partial charge in [0.1, 0.15) is 17.8 Å². The van der Waals surface area contributed by atoms with Gasteiger partial charge in [0.15, 0.2) is 5.65 Å². The maximum absolute atomic E-state index is 10.7. The Balaban J connectivity index is 2.24. The molecule has 0 atom stereocenters. The fourth-order valence-corrected chi connectivity index (χ4v) is 2.68. The molecule has 3 aromatic rings. The second-order valence-corrected chi connectivity index (χ2v) is 6.40. The molecule has 1 amide bonds. The number of nitrogen functional groups attached to an aromatic ring is 1. The summed E-state index contributed by atoms with van der Waals surface area (Å²) in [6.07, 6.45) is 2.11. The zero-order valence-corrected chi connectivity index (χ0v) is 13.9. The van der Waals surface area contributed by atoms with E-state index in [1.807, 2.05) is 45.0 Å². The number of benzene rings is 1. The van der Waals surface area contributed by atoms with E-state index in [1.165, 1.54) is 11.9 Å². The zero-order valence-electron chi connectivity index (χ0n) is 13.9. The molecule has 2 aromatic heterocycles. The predicted octanol–water partition coefficient (Wildman–Crippen LogP) is 1.87. The molecule has 0 aliphatic carbocycles. The van der Waals surface area contributed by atoms with Gasteiger partial charge in [0.05, 0.1) is 10.9 Å². The molecule has 0 aliphatic rings. The van der Waals surface area contributed by atoms with E-state index in [-0.39, 0.29) is 0 Å². The van der Waals surface area contributed by atoms with E-state index in [0.717, 1.165) is 16.6 Å². The molecule has 0 unspecified atom stereocenters. The molecule has 7 heteroatoms. The first-order chi connectivity index (χ1) is 11.4. The van der Waals surface area contributed by atoms with Crippen LogP contribution in [-0.2, 0) is 10.3 Å². The Labute approximate surface area is 139 Å². The summed E-state index contributed by atoms with van der Waals surface area (Å²) in [5.74, 6) is 0.390. The Morgan fingerprint density at radius 1 is 1.25 bits per heavy atom. The molecule has 0 spiro atoms. The maximum Gasteiger partial charge on any atom is 0.207 e. The summed E-state index contributed by atoms with van der Waals surface area (Å²) in [6.45, 7) is 6.41. The molecule has 0 fully saturated rings. The number of nitrogens with one attached hydrogen (secondary N) is 1. The van der Waals surface area contributed by atoms with E-state index in [9.17, 15) is 4.79 Å². The molecule has 2 heterocycles. The maximum atomic E-state index is 10.7. The van der Waals surface area contributed by atoms with Crippen LogP contribution in [-0.4, -0.2) is 32.7 Å². The van der Waals surface area contributed by atoms with Crippen molar-refractivity contribution in [1.29, 1.82) is 0 Å². The van der Waals surface area contributed by atoms with Gasteiger partial charge in [0.2, 0.25) is 6.41 Å². The fraction of sp³-hybridized carbons (Fsp3) is 0.294. The van der Waals surface area contributed by atoms with Crippen molar-refractivity contribution in [3.8, 4) is 11.3 Å². The van der Waals surface area contributed by atoms with Crippen LogP contribution in [0.1, 0.15) is 19.4 Å². The van der Waals surface area contributed by atoms with Crippen LogP contribution in [0.4, 0.5) is 5.82 Å². The van der Waals surface area contributed by atoms with Crippen LogP contribution in [0.15, 0.2) is 30.6 Å². The fourth-order valence-electron chi connectivity index (χ4n) is 2.68. The van der Waals surface area contributed by atoms with Gasteiger partial charge in [0, 0.05) is 12.1 Å². The first-order valence-corrected chi connectivity index (χ1v) is 7.68. The molecular weight excluding hydrogens is 304 g/mol. The highest BCUT2D eigenvalue weighted by molar-refractivity contribution is 5.98. The lowest BCUT2D eigenvalue weighted by atomic mass is 10.1. The Morgan fingerprint density at radius 2 is 1.96 bits per heavy atom. The second kappa shape index (κ2) is 5.92. The molecule has 0 radical (unpaired) electrons. The van der Waals surface area contributed by atoms with Crippen LogP contribution in [0.2, 0.25) is 0 Å². The van der Waals surface area contributed by atoms with Crippen LogP contribution < -0.4 is 11.1 Å². The van der Waals surface area contributed by atoms with E-state index >= 15 is 0 Å².